The van der Waals surface area contributed by atoms with Gasteiger partial charge in [-0.3, -0.25) is 0 Å². The summed E-state index contributed by atoms with van der Waals surface area (Å²) < 4.78 is 42.4. The number of rotatable bonds is 3. The van der Waals surface area contributed by atoms with Crippen LogP contribution in [-0.2, 0) is 12.8 Å². The van der Waals surface area contributed by atoms with Crippen molar-refractivity contribution in [2.75, 3.05) is 0 Å². The monoisotopic (exact) mass is 287 g/mol. The highest BCUT2D eigenvalue weighted by Crippen LogP contribution is 2.30. The number of benzene rings is 1. The Labute approximate surface area is 112 Å². The van der Waals surface area contributed by atoms with Gasteiger partial charge < -0.3 is 4.74 Å². The summed E-state index contributed by atoms with van der Waals surface area (Å²) in [5.41, 5.74) is 0.0895. The molecule has 6 heteroatoms. The molecule has 0 amide bonds. The van der Waals surface area contributed by atoms with Crippen molar-refractivity contribution in [2.24, 2.45) is 0 Å². The van der Waals surface area contributed by atoms with Crippen molar-refractivity contribution in [3.63, 3.8) is 0 Å². The lowest BCUT2D eigenvalue weighted by Crippen LogP contribution is -2.04. The van der Waals surface area contributed by atoms with Crippen LogP contribution in [0.2, 0.25) is 5.15 Å². The Hall–Kier alpha value is -1.75. The van der Waals surface area contributed by atoms with E-state index >= 15 is 0 Å². The summed E-state index contributed by atoms with van der Waals surface area (Å²) in [7, 11) is 0. The van der Waals surface area contributed by atoms with Crippen LogP contribution >= 0.6 is 11.6 Å². The smallest absolute Gasteiger partial charge is 0.416 e. The first-order valence-corrected chi connectivity index (χ1v) is 5.73. The summed E-state index contributed by atoms with van der Waals surface area (Å²) in [5.74, 6) is 0.362. The molecule has 0 saturated heterocycles. The molecule has 1 aromatic carbocycles. The molecular formula is C13H9ClF3NO. The van der Waals surface area contributed by atoms with Crippen LogP contribution < -0.4 is 4.74 Å². The van der Waals surface area contributed by atoms with E-state index in [0.29, 0.717) is 10.9 Å². The summed E-state index contributed by atoms with van der Waals surface area (Å²) in [4.78, 5) is 3.82. The normalized spacial score (nSPS) is 11.4. The van der Waals surface area contributed by atoms with E-state index in [1.807, 2.05) is 0 Å². The van der Waals surface area contributed by atoms with Crippen LogP contribution in [0.25, 0.3) is 0 Å². The zero-order chi connectivity index (χ0) is 13.9. The van der Waals surface area contributed by atoms with E-state index in [4.69, 9.17) is 16.3 Å². The number of hydrogen-bond acceptors (Lipinski definition) is 2. The van der Waals surface area contributed by atoms with Crippen LogP contribution in [0.3, 0.4) is 0 Å². The van der Waals surface area contributed by atoms with E-state index in [1.165, 1.54) is 18.3 Å². The molecule has 100 valence electrons. The van der Waals surface area contributed by atoms with Gasteiger partial charge in [-0.05, 0) is 42.0 Å². The number of ether oxygens (including phenoxy) is 1. The highest BCUT2D eigenvalue weighted by Gasteiger charge is 2.29. The number of nitrogens with zero attached hydrogens (tertiary/aromatic N) is 1. The van der Waals surface area contributed by atoms with Gasteiger partial charge in [0.25, 0.3) is 0 Å². The molecule has 1 aromatic heterocycles. The number of hydrogen-bond donors (Lipinski definition) is 0. The molecular weight excluding hydrogens is 279 g/mol. The topological polar surface area (TPSA) is 22.1 Å². The van der Waals surface area contributed by atoms with Crippen LogP contribution in [0.5, 0.6) is 5.75 Å². The van der Waals surface area contributed by atoms with E-state index in [9.17, 15) is 13.2 Å². The second-order valence-electron chi connectivity index (χ2n) is 3.80. The Morgan fingerprint density at radius 3 is 2.37 bits per heavy atom. The lowest BCUT2D eigenvalue weighted by Gasteiger charge is -2.09. The highest BCUT2D eigenvalue weighted by molar-refractivity contribution is 6.29. The average Bonchev–Trinajstić information content (AvgIpc) is 2.36. The Morgan fingerprint density at radius 2 is 1.79 bits per heavy atom. The zero-order valence-corrected chi connectivity index (χ0v) is 10.4. The van der Waals surface area contributed by atoms with Crippen LogP contribution in [0.1, 0.15) is 11.1 Å². The van der Waals surface area contributed by atoms with Gasteiger partial charge in [0.2, 0.25) is 0 Å². The molecule has 0 N–H and O–H groups in total. The average molecular weight is 288 g/mol. The summed E-state index contributed by atoms with van der Waals surface area (Å²) >= 11 is 5.71. The fourth-order valence-electron chi connectivity index (χ4n) is 1.44. The lowest BCUT2D eigenvalue weighted by atomic mass is 10.2. The summed E-state index contributed by atoms with van der Waals surface area (Å²) in [5, 5.41) is 0.341. The summed E-state index contributed by atoms with van der Waals surface area (Å²) in [6, 6.07) is 7.88. The number of pyridine rings is 1. The molecule has 1 heterocycles. The third-order valence-corrected chi connectivity index (χ3v) is 2.58. The molecule has 0 spiro atoms. The minimum atomic E-state index is -4.34. The summed E-state index contributed by atoms with van der Waals surface area (Å²) in [6.45, 7) is 0.216. The Kier molecular flexibility index (Phi) is 3.95. The number of aromatic nitrogens is 1. The molecule has 0 bridgehead atoms. The molecule has 0 aliphatic carbocycles. The van der Waals surface area contributed by atoms with Crippen molar-refractivity contribution in [1.82, 2.24) is 4.98 Å². The first-order valence-electron chi connectivity index (χ1n) is 5.35. The van der Waals surface area contributed by atoms with E-state index in [0.717, 1.165) is 17.7 Å². The molecule has 0 atom stereocenters. The second-order valence-corrected chi connectivity index (χ2v) is 4.18. The maximum absolute atomic E-state index is 12.4. The molecule has 0 saturated carbocycles. The largest absolute Gasteiger partial charge is 0.489 e. The highest BCUT2D eigenvalue weighted by atomic mass is 35.5. The fourth-order valence-corrected chi connectivity index (χ4v) is 1.64. The predicted molar refractivity (Wildman–Crippen MR) is 65.0 cm³/mol. The quantitative estimate of drug-likeness (QED) is 0.784. The van der Waals surface area contributed by atoms with E-state index in [2.05, 4.69) is 4.98 Å². The van der Waals surface area contributed by atoms with Crippen molar-refractivity contribution in [3.05, 3.63) is 58.9 Å². The van der Waals surface area contributed by atoms with Gasteiger partial charge in [-0.15, -0.1) is 0 Å². The first kappa shape index (κ1) is 13.7. The maximum atomic E-state index is 12.4. The molecule has 2 rings (SSSR count). The SMILES string of the molecule is FC(F)(F)c1ccc(OCc2ccnc(Cl)c2)cc1. The van der Waals surface area contributed by atoms with Crippen LogP contribution in [0.15, 0.2) is 42.6 Å². The molecule has 0 radical (unpaired) electrons. The van der Waals surface area contributed by atoms with Gasteiger partial charge >= 0.3 is 6.18 Å². The molecule has 19 heavy (non-hydrogen) atoms. The Balaban J connectivity index is 2.01. The minimum Gasteiger partial charge on any atom is -0.489 e. The van der Waals surface area contributed by atoms with E-state index in [1.54, 1.807) is 12.1 Å². The fraction of sp³-hybridized carbons (Fsp3) is 0.154. The lowest BCUT2D eigenvalue weighted by molar-refractivity contribution is -0.137. The molecule has 0 unspecified atom stereocenters. The van der Waals surface area contributed by atoms with Gasteiger partial charge in [-0.25, -0.2) is 4.98 Å². The molecule has 2 nitrogen and oxygen atoms in total. The van der Waals surface area contributed by atoms with Crippen LogP contribution in [0, 0.1) is 0 Å². The first-order chi connectivity index (χ1) is 8.95. The van der Waals surface area contributed by atoms with Gasteiger partial charge in [0, 0.05) is 6.20 Å². The van der Waals surface area contributed by atoms with Crippen molar-refractivity contribution in [1.29, 1.82) is 0 Å². The molecule has 0 aliphatic rings. The minimum absolute atomic E-state index is 0.216. The van der Waals surface area contributed by atoms with Crippen LogP contribution in [-0.4, -0.2) is 4.98 Å². The number of alkyl halides is 3. The zero-order valence-electron chi connectivity index (χ0n) is 9.62. The standard InChI is InChI=1S/C13H9ClF3NO/c14-12-7-9(5-6-18-12)8-19-11-3-1-10(2-4-11)13(15,16)17/h1-7H,8H2. The van der Waals surface area contributed by atoms with E-state index < -0.39 is 11.7 Å². The Morgan fingerprint density at radius 1 is 1.11 bits per heavy atom. The number of halogens is 4. The third-order valence-electron chi connectivity index (χ3n) is 2.38. The maximum Gasteiger partial charge on any atom is 0.416 e. The van der Waals surface area contributed by atoms with Crippen molar-refractivity contribution < 1.29 is 17.9 Å². The predicted octanol–water partition coefficient (Wildman–Crippen LogP) is 4.33. The van der Waals surface area contributed by atoms with Gasteiger partial charge in [-0.1, -0.05) is 11.6 Å². The molecule has 0 aliphatic heterocycles. The third kappa shape index (κ3) is 3.86. The molecule has 2 aromatic rings. The van der Waals surface area contributed by atoms with E-state index in [-0.39, 0.29) is 6.61 Å². The van der Waals surface area contributed by atoms with Gasteiger partial charge in [0.05, 0.1) is 5.56 Å². The second kappa shape index (κ2) is 5.48. The van der Waals surface area contributed by atoms with Crippen LogP contribution in [0.4, 0.5) is 13.2 Å². The van der Waals surface area contributed by atoms with Gasteiger partial charge in [-0.2, -0.15) is 13.2 Å². The van der Waals surface area contributed by atoms with Crippen molar-refractivity contribution >= 4 is 11.6 Å². The molecule has 0 fully saturated rings. The van der Waals surface area contributed by atoms with Crippen molar-refractivity contribution in [2.45, 2.75) is 12.8 Å². The van der Waals surface area contributed by atoms with Gasteiger partial charge in [0.1, 0.15) is 17.5 Å². The Bertz CT molecular complexity index is 555. The summed E-state index contributed by atoms with van der Waals surface area (Å²) in [6.07, 6.45) is -2.80. The van der Waals surface area contributed by atoms with Crippen molar-refractivity contribution in [3.8, 4) is 5.75 Å². The van der Waals surface area contributed by atoms with Gasteiger partial charge in [0.15, 0.2) is 0 Å².